The van der Waals surface area contributed by atoms with E-state index in [0.29, 0.717) is 6.61 Å². The number of anilines is 2. The summed E-state index contributed by atoms with van der Waals surface area (Å²) in [6, 6.07) is 13.1. The summed E-state index contributed by atoms with van der Waals surface area (Å²) in [7, 11) is 1.70. The molecule has 0 N–H and O–H groups in total. The van der Waals surface area contributed by atoms with Crippen molar-refractivity contribution in [2.24, 2.45) is 0 Å². The van der Waals surface area contributed by atoms with Crippen molar-refractivity contribution in [3.8, 4) is 11.5 Å². The number of ether oxygens (including phenoxy) is 2. The summed E-state index contributed by atoms with van der Waals surface area (Å²) in [6.07, 6.45) is 0.984. The van der Waals surface area contributed by atoms with Gasteiger partial charge in [0.05, 0.1) is 13.7 Å². The lowest BCUT2D eigenvalue weighted by atomic mass is 10.1. The molecule has 0 saturated carbocycles. The van der Waals surface area contributed by atoms with Crippen molar-refractivity contribution >= 4 is 51.1 Å². The van der Waals surface area contributed by atoms with Gasteiger partial charge in [-0.15, -0.1) is 23.7 Å². The van der Waals surface area contributed by atoms with Gasteiger partial charge in [-0.2, -0.15) is 0 Å². The molecule has 2 fully saturated rings. The lowest BCUT2D eigenvalue weighted by Gasteiger charge is -2.36. The van der Waals surface area contributed by atoms with Crippen molar-refractivity contribution in [3.05, 3.63) is 47.3 Å². The molecule has 2 aromatic carbocycles. The number of methoxy groups -OCH3 is 1. The third-order valence-corrected chi connectivity index (χ3v) is 8.47. The van der Waals surface area contributed by atoms with Crippen molar-refractivity contribution in [3.63, 3.8) is 0 Å². The molecule has 1 aromatic heterocycles. The van der Waals surface area contributed by atoms with Gasteiger partial charge in [0.25, 0.3) is 0 Å². The maximum absolute atomic E-state index is 11.6. The zero-order valence-electron chi connectivity index (χ0n) is 22.6. The summed E-state index contributed by atoms with van der Waals surface area (Å²) in [4.78, 5) is 20.9. The minimum Gasteiger partial charge on any atom is -0.493 e. The number of rotatable bonds is 8. The normalized spacial score (nSPS) is 16.4. The van der Waals surface area contributed by atoms with Crippen LogP contribution in [0.4, 0.5) is 11.4 Å². The molecular weight excluding hydrogens is 520 g/mol. The number of hydrogen-bond acceptors (Lipinski definition) is 7. The molecule has 0 aliphatic carbocycles. The van der Waals surface area contributed by atoms with Gasteiger partial charge in [-0.3, -0.25) is 9.69 Å². The summed E-state index contributed by atoms with van der Waals surface area (Å²) < 4.78 is 13.3. The van der Waals surface area contributed by atoms with Gasteiger partial charge in [-0.1, -0.05) is 6.07 Å². The highest BCUT2D eigenvalue weighted by atomic mass is 35.5. The Morgan fingerprint density at radius 1 is 0.974 bits per heavy atom. The molecule has 0 unspecified atom stereocenters. The molecule has 2 aliphatic rings. The highest BCUT2D eigenvalue weighted by molar-refractivity contribution is 7.17. The molecule has 0 atom stereocenters. The number of carbonyl (C=O) groups is 1. The Bertz CT molecular complexity index is 1220. The van der Waals surface area contributed by atoms with Crippen LogP contribution in [0.25, 0.3) is 10.1 Å². The van der Waals surface area contributed by atoms with Crippen LogP contribution in [-0.4, -0.2) is 88.3 Å². The van der Waals surface area contributed by atoms with Gasteiger partial charge in [0.1, 0.15) is 0 Å². The summed E-state index contributed by atoms with van der Waals surface area (Å²) in [5.74, 6) is 1.76. The first-order valence-electron chi connectivity index (χ1n) is 13.3. The number of aryl methyl sites for hydroxylation is 1. The number of nitrogens with zero attached hydrogens (tertiary/aromatic N) is 4. The maximum Gasteiger partial charge on any atom is 0.219 e. The summed E-state index contributed by atoms with van der Waals surface area (Å²) in [5, 5.41) is 3.56. The van der Waals surface area contributed by atoms with Gasteiger partial charge in [0.15, 0.2) is 11.5 Å². The number of halogens is 1. The zero-order chi connectivity index (χ0) is 25.8. The predicted octanol–water partition coefficient (Wildman–Crippen LogP) is 4.90. The van der Waals surface area contributed by atoms with E-state index in [0.717, 1.165) is 88.1 Å². The molecule has 3 heterocycles. The first-order valence-corrected chi connectivity index (χ1v) is 14.2. The molecule has 1 amide bonds. The van der Waals surface area contributed by atoms with Crippen molar-refractivity contribution in [2.45, 2.75) is 20.3 Å². The molecule has 206 valence electrons. The molecule has 38 heavy (non-hydrogen) atoms. The number of carbonyl (C=O) groups excluding carboxylic acids is 1. The fourth-order valence-electron chi connectivity index (χ4n) is 5.45. The Kier molecular flexibility index (Phi) is 9.63. The Morgan fingerprint density at radius 3 is 2.42 bits per heavy atom. The molecule has 0 spiro atoms. The van der Waals surface area contributed by atoms with Gasteiger partial charge < -0.3 is 24.2 Å². The molecule has 0 bridgehead atoms. The topological polar surface area (TPSA) is 48.5 Å². The summed E-state index contributed by atoms with van der Waals surface area (Å²) >= 11 is 1.81. The van der Waals surface area contributed by atoms with Crippen molar-refractivity contribution in [2.75, 3.05) is 82.4 Å². The average Bonchev–Trinajstić information content (AvgIpc) is 3.41. The van der Waals surface area contributed by atoms with Crippen LogP contribution >= 0.6 is 23.7 Å². The molecule has 3 aromatic rings. The van der Waals surface area contributed by atoms with E-state index in [4.69, 9.17) is 9.47 Å². The van der Waals surface area contributed by atoms with Crippen LogP contribution in [-0.2, 0) is 4.79 Å². The lowest BCUT2D eigenvalue weighted by molar-refractivity contribution is -0.129. The van der Waals surface area contributed by atoms with Crippen LogP contribution in [0, 0.1) is 6.92 Å². The van der Waals surface area contributed by atoms with Crippen molar-refractivity contribution in [1.82, 2.24) is 9.80 Å². The van der Waals surface area contributed by atoms with Gasteiger partial charge in [-0.05, 0) is 48.6 Å². The molecule has 5 rings (SSSR count). The minimum atomic E-state index is 0. The van der Waals surface area contributed by atoms with E-state index in [2.05, 4.69) is 63.4 Å². The van der Waals surface area contributed by atoms with Crippen LogP contribution in [0.1, 0.15) is 18.9 Å². The summed E-state index contributed by atoms with van der Waals surface area (Å²) in [6.45, 7) is 12.9. The minimum absolute atomic E-state index is 0. The van der Waals surface area contributed by atoms with Crippen molar-refractivity contribution in [1.29, 1.82) is 0 Å². The van der Waals surface area contributed by atoms with Gasteiger partial charge >= 0.3 is 0 Å². The molecule has 0 radical (unpaired) electrons. The van der Waals surface area contributed by atoms with Crippen LogP contribution in [0.15, 0.2) is 41.8 Å². The second kappa shape index (κ2) is 12.9. The number of piperazine rings is 2. The van der Waals surface area contributed by atoms with Gasteiger partial charge in [-0.25, -0.2) is 0 Å². The SMILES string of the molecule is COc1cc(N2CCN(C(C)=O)CC2)cc(C)c1OCCCN1CCN(c2cccc3sccc23)CC1.Cl. The molecule has 2 aliphatic heterocycles. The Balaban J connectivity index is 0.00000336. The molecular formula is C29H39ClN4O3S. The average molecular weight is 559 g/mol. The Hall–Kier alpha value is -2.68. The first-order chi connectivity index (χ1) is 18.0. The Labute approximate surface area is 236 Å². The highest BCUT2D eigenvalue weighted by Gasteiger charge is 2.22. The second-order valence-electron chi connectivity index (χ2n) is 9.93. The van der Waals surface area contributed by atoms with Gasteiger partial charge in [0, 0.05) is 93.4 Å². The largest absolute Gasteiger partial charge is 0.493 e. The van der Waals surface area contributed by atoms with E-state index >= 15 is 0 Å². The Morgan fingerprint density at radius 2 is 1.71 bits per heavy atom. The lowest BCUT2D eigenvalue weighted by Crippen LogP contribution is -2.48. The van der Waals surface area contributed by atoms with E-state index in [1.54, 1.807) is 14.0 Å². The van der Waals surface area contributed by atoms with E-state index in [1.165, 1.54) is 15.8 Å². The van der Waals surface area contributed by atoms with E-state index in [9.17, 15) is 4.79 Å². The van der Waals surface area contributed by atoms with Crippen LogP contribution in [0.3, 0.4) is 0 Å². The highest BCUT2D eigenvalue weighted by Crippen LogP contribution is 2.36. The zero-order valence-corrected chi connectivity index (χ0v) is 24.3. The standard InChI is InChI=1S/C29H38N4O3S.ClH/c1-22-20-24(32-16-14-31(15-17-32)23(2)34)21-27(35-3)29(22)36-18-5-9-30-10-12-33(13-11-30)26-6-4-7-28-25(26)8-19-37-28;/h4,6-8,19-21H,5,9-18H2,1-3H3;1H. The number of fused-ring (bicyclic) bond motifs is 1. The smallest absolute Gasteiger partial charge is 0.219 e. The van der Waals surface area contributed by atoms with E-state index in [-0.39, 0.29) is 18.3 Å². The number of thiophene rings is 1. The monoisotopic (exact) mass is 558 g/mol. The molecule has 9 heteroatoms. The second-order valence-corrected chi connectivity index (χ2v) is 10.9. The molecule has 2 saturated heterocycles. The fourth-order valence-corrected chi connectivity index (χ4v) is 6.26. The van der Waals surface area contributed by atoms with Crippen LogP contribution in [0.2, 0.25) is 0 Å². The van der Waals surface area contributed by atoms with Crippen molar-refractivity contribution < 1.29 is 14.3 Å². The third kappa shape index (κ3) is 6.30. The molecule has 7 nitrogen and oxygen atoms in total. The third-order valence-electron chi connectivity index (χ3n) is 7.59. The number of hydrogen-bond donors (Lipinski definition) is 0. The fraction of sp³-hybridized carbons (Fsp3) is 0.483. The number of amides is 1. The van der Waals surface area contributed by atoms with E-state index in [1.807, 2.05) is 16.2 Å². The van der Waals surface area contributed by atoms with Crippen LogP contribution in [0.5, 0.6) is 11.5 Å². The quantitative estimate of drug-likeness (QED) is 0.367. The van der Waals surface area contributed by atoms with Gasteiger partial charge in [0.2, 0.25) is 5.91 Å². The predicted molar refractivity (Wildman–Crippen MR) is 160 cm³/mol. The number of benzene rings is 2. The first kappa shape index (κ1) is 28.3. The summed E-state index contributed by atoms with van der Waals surface area (Å²) in [5.41, 5.74) is 3.58. The van der Waals surface area contributed by atoms with Crippen LogP contribution < -0.4 is 19.3 Å². The maximum atomic E-state index is 11.6. The van der Waals surface area contributed by atoms with E-state index < -0.39 is 0 Å².